The first-order chi connectivity index (χ1) is 13.8. The summed E-state index contributed by atoms with van der Waals surface area (Å²) in [6, 6.07) is 4.47. The van der Waals surface area contributed by atoms with E-state index in [1.807, 2.05) is 20.8 Å². The first kappa shape index (κ1) is 22.1. The maximum absolute atomic E-state index is 12.7. The lowest BCUT2D eigenvalue weighted by Gasteiger charge is -2.17. The minimum Gasteiger partial charge on any atom is -0.490 e. The first-order valence-corrected chi connectivity index (χ1v) is 9.44. The number of benzene rings is 1. The van der Waals surface area contributed by atoms with Crippen molar-refractivity contribution in [3.63, 3.8) is 0 Å². The van der Waals surface area contributed by atoms with Gasteiger partial charge in [0.25, 0.3) is 11.5 Å². The summed E-state index contributed by atoms with van der Waals surface area (Å²) in [5.74, 6) is 0.864. The zero-order valence-corrected chi connectivity index (χ0v) is 17.4. The Balaban J connectivity index is 2.33. The van der Waals surface area contributed by atoms with E-state index in [-0.39, 0.29) is 6.54 Å². The van der Waals surface area contributed by atoms with Gasteiger partial charge in [-0.05, 0) is 32.9 Å². The molecule has 2 aromatic rings. The molecule has 0 atom stereocenters. The molecule has 1 aromatic heterocycles. The molecule has 0 fully saturated rings. The standard InChI is InChI=1S/C20H27N3O6/c1-6-27-15-9-13(10-16(28-7-2)18(15)29-8-3)19(25)21-12-14-11-17(24)23(5)20(26)22(14)4/h9-11H,6-8,12H2,1-5H3,(H,21,25). The van der Waals surface area contributed by atoms with E-state index in [0.717, 1.165) is 4.57 Å². The van der Waals surface area contributed by atoms with E-state index in [9.17, 15) is 14.4 Å². The van der Waals surface area contributed by atoms with Crippen molar-refractivity contribution >= 4 is 5.91 Å². The quantitative estimate of drug-likeness (QED) is 0.673. The second-order valence-electron chi connectivity index (χ2n) is 6.16. The Morgan fingerprint density at radius 2 is 1.45 bits per heavy atom. The molecule has 0 radical (unpaired) electrons. The van der Waals surface area contributed by atoms with Crippen molar-refractivity contribution in [2.24, 2.45) is 14.1 Å². The predicted molar refractivity (Wildman–Crippen MR) is 108 cm³/mol. The third-order valence-corrected chi connectivity index (χ3v) is 4.23. The van der Waals surface area contributed by atoms with E-state index < -0.39 is 17.2 Å². The number of ether oxygens (including phenoxy) is 3. The number of aromatic nitrogens is 2. The highest BCUT2D eigenvalue weighted by Crippen LogP contribution is 2.39. The fourth-order valence-corrected chi connectivity index (χ4v) is 2.74. The van der Waals surface area contributed by atoms with Gasteiger partial charge in [0.05, 0.1) is 26.4 Å². The highest BCUT2D eigenvalue weighted by molar-refractivity contribution is 5.95. The van der Waals surface area contributed by atoms with Crippen LogP contribution in [0.15, 0.2) is 27.8 Å². The number of hydrogen-bond acceptors (Lipinski definition) is 6. The summed E-state index contributed by atoms with van der Waals surface area (Å²) in [6.45, 7) is 6.74. The van der Waals surface area contributed by atoms with Gasteiger partial charge >= 0.3 is 5.69 Å². The van der Waals surface area contributed by atoms with Crippen LogP contribution < -0.4 is 30.8 Å². The molecule has 9 nitrogen and oxygen atoms in total. The highest BCUT2D eigenvalue weighted by Gasteiger charge is 2.18. The molecule has 0 saturated heterocycles. The van der Waals surface area contributed by atoms with E-state index in [2.05, 4.69) is 5.32 Å². The first-order valence-electron chi connectivity index (χ1n) is 9.44. The van der Waals surface area contributed by atoms with E-state index >= 15 is 0 Å². The summed E-state index contributed by atoms with van der Waals surface area (Å²) in [5.41, 5.74) is -0.183. The monoisotopic (exact) mass is 405 g/mol. The van der Waals surface area contributed by atoms with Gasteiger partial charge in [-0.3, -0.25) is 18.7 Å². The van der Waals surface area contributed by atoms with Crippen molar-refractivity contribution in [3.05, 3.63) is 50.3 Å². The van der Waals surface area contributed by atoms with Crippen molar-refractivity contribution in [2.45, 2.75) is 27.3 Å². The van der Waals surface area contributed by atoms with Crippen LogP contribution in [0.1, 0.15) is 36.8 Å². The number of nitrogens with zero attached hydrogens (tertiary/aromatic N) is 2. The number of hydrogen-bond donors (Lipinski definition) is 1. The summed E-state index contributed by atoms with van der Waals surface area (Å²) >= 11 is 0. The van der Waals surface area contributed by atoms with Crippen LogP contribution in [0.2, 0.25) is 0 Å². The van der Waals surface area contributed by atoms with E-state index in [1.54, 1.807) is 19.2 Å². The van der Waals surface area contributed by atoms with Crippen LogP contribution in [-0.2, 0) is 20.6 Å². The smallest absolute Gasteiger partial charge is 0.330 e. The van der Waals surface area contributed by atoms with Gasteiger partial charge in [-0.2, -0.15) is 0 Å². The summed E-state index contributed by atoms with van der Waals surface area (Å²) in [6.07, 6.45) is 0. The van der Waals surface area contributed by atoms with Crippen LogP contribution in [0.3, 0.4) is 0 Å². The molecular formula is C20H27N3O6. The van der Waals surface area contributed by atoms with E-state index in [1.165, 1.54) is 17.7 Å². The minimum atomic E-state index is -0.458. The van der Waals surface area contributed by atoms with Gasteiger partial charge in [-0.1, -0.05) is 0 Å². The Morgan fingerprint density at radius 1 is 0.897 bits per heavy atom. The lowest BCUT2D eigenvalue weighted by molar-refractivity contribution is 0.0948. The van der Waals surface area contributed by atoms with Crippen molar-refractivity contribution in [3.8, 4) is 17.2 Å². The third-order valence-electron chi connectivity index (χ3n) is 4.23. The largest absolute Gasteiger partial charge is 0.490 e. The molecule has 2 rings (SSSR count). The van der Waals surface area contributed by atoms with Crippen molar-refractivity contribution in [1.82, 2.24) is 14.5 Å². The van der Waals surface area contributed by atoms with Gasteiger partial charge in [0, 0.05) is 31.4 Å². The molecule has 0 saturated carbocycles. The molecule has 0 aliphatic heterocycles. The van der Waals surface area contributed by atoms with Crippen LogP contribution >= 0.6 is 0 Å². The molecule has 158 valence electrons. The number of amides is 1. The summed E-state index contributed by atoms with van der Waals surface area (Å²) in [4.78, 5) is 36.6. The number of carbonyl (C=O) groups is 1. The van der Waals surface area contributed by atoms with Crippen molar-refractivity contribution in [2.75, 3.05) is 19.8 Å². The van der Waals surface area contributed by atoms with Crippen molar-refractivity contribution < 1.29 is 19.0 Å². The number of carbonyl (C=O) groups excluding carboxylic acids is 1. The molecule has 1 N–H and O–H groups in total. The Kier molecular flexibility index (Phi) is 7.46. The Bertz CT molecular complexity index is 966. The lowest BCUT2D eigenvalue weighted by atomic mass is 10.1. The maximum Gasteiger partial charge on any atom is 0.330 e. The van der Waals surface area contributed by atoms with Crippen molar-refractivity contribution in [1.29, 1.82) is 0 Å². The number of rotatable bonds is 9. The normalized spacial score (nSPS) is 10.5. The van der Waals surface area contributed by atoms with Crippen LogP contribution in [-0.4, -0.2) is 34.9 Å². The zero-order valence-electron chi connectivity index (χ0n) is 17.4. The fraction of sp³-hybridized carbons (Fsp3) is 0.450. The minimum absolute atomic E-state index is 0.0157. The Morgan fingerprint density at radius 3 is 1.97 bits per heavy atom. The fourth-order valence-electron chi connectivity index (χ4n) is 2.74. The molecule has 1 amide bonds. The predicted octanol–water partition coefficient (Wildman–Crippen LogP) is 1.21. The third kappa shape index (κ3) is 4.98. The average molecular weight is 405 g/mol. The SMILES string of the molecule is CCOc1cc(C(=O)NCc2cc(=O)n(C)c(=O)n2C)cc(OCC)c1OCC. The van der Waals surface area contributed by atoms with E-state index in [4.69, 9.17) is 14.2 Å². The summed E-state index contributed by atoms with van der Waals surface area (Å²) < 4.78 is 19.2. The van der Waals surface area contributed by atoms with Gasteiger partial charge in [0.15, 0.2) is 11.5 Å². The second kappa shape index (κ2) is 9.81. The van der Waals surface area contributed by atoms with E-state index in [0.29, 0.717) is 48.3 Å². The molecule has 29 heavy (non-hydrogen) atoms. The van der Waals surface area contributed by atoms with Crippen LogP contribution in [0.25, 0.3) is 0 Å². The van der Waals surface area contributed by atoms with Gasteiger partial charge in [0.1, 0.15) is 0 Å². The van der Waals surface area contributed by atoms with Gasteiger partial charge in [0.2, 0.25) is 5.75 Å². The molecule has 1 heterocycles. The van der Waals surface area contributed by atoms with Crippen LogP contribution in [0.4, 0.5) is 0 Å². The molecule has 0 aliphatic carbocycles. The molecule has 0 aliphatic rings. The molecule has 1 aromatic carbocycles. The maximum atomic E-state index is 12.7. The Hall–Kier alpha value is -3.23. The lowest BCUT2D eigenvalue weighted by Crippen LogP contribution is -2.39. The molecule has 0 unspecified atom stereocenters. The van der Waals surface area contributed by atoms with Gasteiger partial charge in [-0.15, -0.1) is 0 Å². The average Bonchev–Trinajstić information content (AvgIpc) is 2.70. The second-order valence-corrected chi connectivity index (χ2v) is 6.16. The summed E-state index contributed by atoms with van der Waals surface area (Å²) in [5, 5.41) is 2.72. The number of nitrogens with one attached hydrogen (secondary N) is 1. The molecule has 9 heteroatoms. The van der Waals surface area contributed by atoms with Gasteiger partial charge in [-0.25, -0.2) is 4.79 Å². The molecule has 0 spiro atoms. The molecule has 0 bridgehead atoms. The van der Waals surface area contributed by atoms with Crippen LogP contribution in [0.5, 0.6) is 17.2 Å². The Labute approximate surface area is 168 Å². The molecular weight excluding hydrogens is 378 g/mol. The topological polar surface area (TPSA) is 101 Å². The highest BCUT2D eigenvalue weighted by atomic mass is 16.5. The van der Waals surface area contributed by atoms with Gasteiger partial charge < -0.3 is 19.5 Å². The summed E-state index contributed by atoms with van der Waals surface area (Å²) in [7, 11) is 2.94. The van der Waals surface area contributed by atoms with Crippen LogP contribution in [0, 0.1) is 0 Å². The zero-order chi connectivity index (χ0) is 21.6.